The van der Waals surface area contributed by atoms with Crippen LogP contribution in [-0.4, -0.2) is 41.3 Å². The van der Waals surface area contributed by atoms with Crippen LogP contribution < -0.4 is 16.4 Å². The highest BCUT2D eigenvalue weighted by Gasteiger charge is 2.11. The van der Waals surface area contributed by atoms with E-state index in [4.69, 9.17) is 0 Å². The second-order valence-corrected chi connectivity index (χ2v) is 8.27. The Bertz CT molecular complexity index is 1690. The summed E-state index contributed by atoms with van der Waals surface area (Å²) in [6, 6.07) is 13.1. The summed E-state index contributed by atoms with van der Waals surface area (Å²) in [5.74, 6) is -0.595. The number of benzene rings is 2. The van der Waals surface area contributed by atoms with Crippen LogP contribution in [0.4, 0.5) is 4.39 Å². The minimum Gasteiger partial charge on any atom is -0.354 e. The predicted octanol–water partition coefficient (Wildman–Crippen LogP) is 1.70. The maximum Gasteiger partial charge on any atom is 0.264 e. The van der Waals surface area contributed by atoms with Gasteiger partial charge in [0.1, 0.15) is 17.5 Å². The van der Waals surface area contributed by atoms with Gasteiger partial charge in [-0.3, -0.25) is 23.5 Å². The number of fused-ring (bicyclic) bond motifs is 2. The molecule has 1 N–H and O–H groups in total. The summed E-state index contributed by atoms with van der Waals surface area (Å²) in [4.78, 5) is 46.3. The minimum absolute atomic E-state index is 0.114. The van der Waals surface area contributed by atoms with Crippen molar-refractivity contribution in [2.75, 3.05) is 6.54 Å². The average Bonchev–Trinajstić information content (AvgIpc) is 3.29. The molecule has 11 heteroatoms. The fourth-order valence-corrected chi connectivity index (χ4v) is 3.98. The van der Waals surface area contributed by atoms with E-state index >= 15 is 0 Å². The number of hydrogen-bond donors (Lipinski definition) is 1. The number of amides is 1. The van der Waals surface area contributed by atoms with Crippen molar-refractivity contribution in [1.82, 2.24) is 34.2 Å². The predicted molar refractivity (Wildman–Crippen MR) is 131 cm³/mol. The van der Waals surface area contributed by atoms with Crippen molar-refractivity contribution >= 4 is 27.8 Å². The van der Waals surface area contributed by atoms with E-state index in [0.717, 1.165) is 0 Å². The summed E-state index contributed by atoms with van der Waals surface area (Å²) in [6.45, 7) is 0.984. The molecule has 3 heterocycles. The third-order valence-electron chi connectivity index (χ3n) is 5.82. The van der Waals surface area contributed by atoms with Gasteiger partial charge in [0, 0.05) is 19.5 Å². The Morgan fingerprint density at radius 2 is 1.72 bits per heavy atom. The van der Waals surface area contributed by atoms with E-state index in [2.05, 4.69) is 20.4 Å². The van der Waals surface area contributed by atoms with E-state index in [1.54, 1.807) is 35.0 Å². The lowest BCUT2D eigenvalue weighted by Crippen LogP contribution is -2.30. The fourth-order valence-electron chi connectivity index (χ4n) is 3.98. The zero-order valence-corrected chi connectivity index (χ0v) is 19.2. The van der Waals surface area contributed by atoms with Crippen molar-refractivity contribution in [2.45, 2.75) is 26.1 Å². The Hall–Kier alpha value is -4.67. The molecule has 0 aliphatic rings. The van der Waals surface area contributed by atoms with Crippen LogP contribution >= 0.6 is 0 Å². The lowest BCUT2D eigenvalue weighted by Gasteiger charge is -2.09. The number of carbonyl (C=O) groups is 1. The summed E-state index contributed by atoms with van der Waals surface area (Å²) in [7, 11) is 0. The molecule has 0 aliphatic heterocycles. The molecule has 182 valence electrons. The highest BCUT2D eigenvalue weighted by atomic mass is 19.1. The van der Waals surface area contributed by atoms with Gasteiger partial charge in [0.2, 0.25) is 5.91 Å². The van der Waals surface area contributed by atoms with Crippen LogP contribution in [0.1, 0.15) is 12.0 Å². The van der Waals surface area contributed by atoms with Gasteiger partial charge >= 0.3 is 0 Å². The molecule has 3 aromatic heterocycles. The lowest BCUT2D eigenvalue weighted by molar-refractivity contribution is -0.121. The maximum atomic E-state index is 13.4. The molecule has 5 aromatic rings. The van der Waals surface area contributed by atoms with Crippen LogP contribution in [0.25, 0.3) is 21.9 Å². The molecule has 1 amide bonds. The summed E-state index contributed by atoms with van der Waals surface area (Å²) in [5.41, 5.74) is 1.19. The monoisotopic (exact) mass is 487 g/mol. The first-order valence-corrected chi connectivity index (χ1v) is 11.4. The second-order valence-electron chi connectivity index (χ2n) is 8.27. The van der Waals surface area contributed by atoms with Crippen molar-refractivity contribution in [3.63, 3.8) is 0 Å². The van der Waals surface area contributed by atoms with Gasteiger partial charge in [0.15, 0.2) is 5.65 Å². The summed E-state index contributed by atoms with van der Waals surface area (Å²) in [5, 5.41) is 7.86. The molecular weight excluding hydrogens is 465 g/mol. The van der Waals surface area contributed by atoms with Gasteiger partial charge in [-0.15, -0.1) is 0 Å². The van der Waals surface area contributed by atoms with Crippen LogP contribution in [0.15, 0.2) is 77.0 Å². The number of para-hydroxylation sites is 1. The van der Waals surface area contributed by atoms with E-state index in [-0.39, 0.29) is 48.9 Å². The number of aryl methyl sites for hydroxylation is 1. The molecule has 36 heavy (non-hydrogen) atoms. The van der Waals surface area contributed by atoms with Crippen LogP contribution in [0.3, 0.4) is 0 Å². The summed E-state index contributed by atoms with van der Waals surface area (Å²) in [6.07, 6.45) is 4.40. The Labute approximate surface area is 203 Å². The normalized spacial score (nSPS) is 11.2. The molecule has 0 bridgehead atoms. The van der Waals surface area contributed by atoms with Gasteiger partial charge in [0.05, 0.1) is 36.5 Å². The smallest absolute Gasteiger partial charge is 0.264 e. The Kier molecular flexibility index (Phi) is 6.35. The minimum atomic E-state index is -0.370. The lowest BCUT2D eigenvalue weighted by atomic mass is 10.2. The molecule has 0 aliphatic carbocycles. The van der Waals surface area contributed by atoms with Crippen LogP contribution in [0.2, 0.25) is 0 Å². The maximum absolute atomic E-state index is 13.4. The van der Waals surface area contributed by atoms with Gasteiger partial charge in [-0.05, 0) is 29.8 Å². The molecule has 0 saturated heterocycles. The van der Waals surface area contributed by atoms with E-state index in [1.807, 2.05) is 6.07 Å². The van der Waals surface area contributed by atoms with E-state index in [1.165, 1.54) is 40.1 Å². The standard InChI is InChI=1S/C25H22FN7O3/c26-18-5-3-4-17(12-18)14-32-16-29-23-20(25(32)36)13-30-33(23)11-9-27-22(34)8-10-31-15-28-21-7-2-1-6-19(21)24(31)35/h1-7,12-13,15-16H,8-11,14H2,(H,27,34). The molecule has 0 atom stereocenters. The molecule has 2 aromatic carbocycles. The van der Waals surface area contributed by atoms with E-state index < -0.39 is 0 Å². The number of nitrogens with zero attached hydrogens (tertiary/aromatic N) is 6. The highest BCUT2D eigenvalue weighted by molar-refractivity contribution is 5.77. The molecule has 0 saturated carbocycles. The largest absolute Gasteiger partial charge is 0.354 e. The zero-order chi connectivity index (χ0) is 25.1. The number of rotatable bonds is 8. The van der Waals surface area contributed by atoms with Crippen molar-refractivity contribution in [3.05, 3.63) is 99.5 Å². The first kappa shape index (κ1) is 23.1. The first-order valence-electron chi connectivity index (χ1n) is 11.4. The second kappa shape index (κ2) is 9.90. The number of aromatic nitrogens is 6. The Morgan fingerprint density at radius 3 is 2.58 bits per heavy atom. The van der Waals surface area contributed by atoms with Gasteiger partial charge in [-0.25, -0.2) is 19.0 Å². The summed E-state index contributed by atoms with van der Waals surface area (Å²) < 4.78 is 17.8. The molecule has 0 fully saturated rings. The number of halogens is 1. The molecule has 0 spiro atoms. The summed E-state index contributed by atoms with van der Waals surface area (Å²) >= 11 is 0. The third kappa shape index (κ3) is 4.76. The van der Waals surface area contributed by atoms with Crippen LogP contribution in [-0.2, 0) is 24.4 Å². The molecule has 10 nitrogen and oxygen atoms in total. The van der Waals surface area contributed by atoms with Gasteiger partial charge in [-0.1, -0.05) is 24.3 Å². The van der Waals surface area contributed by atoms with Crippen molar-refractivity contribution in [1.29, 1.82) is 0 Å². The van der Waals surface area contributed by atoms with Crippen LogP contribution in [0.5, 0.6) is 0 Å². The van der Waals surface area contributed by atoms with E-state index in [9.17, 15) is 18.8 Å². The van der Waals surface area contributed by atoms with Gasteiger partial charge in [-0.2, -0.15) is 5.10 Å². The van der Waals surface area contributed by atoms with Gasteiger partial charge in [0.25, 0.3) is 11.1 Å². The van der Waals surface area contributed by atoms with Gasteiger partial charge < -0.3 is 5.32 Å². The third-order valence-corrected chi connectivity index (χ3v) is 5.82. The van der Waals surface area contributed by atoms with Crippen molar-refractivity contribution in [2.24, 2.45) is 0 Å². The fraction of sp³-hybridized carbons (Fsp3) is 0.200. The highest BCUT2D eigenvalue weighted by Crippen LogP contribution is 2.09. The first-order chi connectivity index (χ1) is 17.5. The van der Waals surface area contributed by atoms with Crippen LogP contribution in [0, 0.1) is 5.82 Å². The molecule has 5 rings (SSSR count). The Morgan fingerprint density at radius 1 is 0.917 bits per heavy atom. The molecular formula is C25H22FN7O3. The SMILES string of the molecule is O=C(CCn1cnc2ccccc2c1=O)NCCn1ncc2c(=O)n(Cc3cccc(F)c3)cnc21. The quantitative estimate of drug-likeness (QED) is 0.356. The number of hydrogen-bond acceptors (Lipinski definition) is 6. The van der Waals surface area contributed by atoms with Crippen molar-refractivity contribution < 1.29 is 9.18 Å². The Balaban J connectivity index is 1.18. The number of nitrogens with one attached hydrogen (secondary N) is 1. The topological polar surface area (TPSA) is 117 Å². The van der Waals surface area contributed by atoms with E-state index in [0.29, 0.717) is 34.0 Å². The molecule has 0 unspecified atom stereocenters. The number of carbonyl (C=O) groups excluding carboxylic acids is 1. The zero-order valence-electron chi connectivity index (χ0n) is 19.2. The molecule has 0 radical (unpaired) electrons. The average molecular weight is 487 g/mol. The van der Waals surface area contributed by atoms with Crippen molar-refractivity contribution in [3.8, 4) is 0 Å².